The van der Waals surface area contributed by atoms with Crippen LogP contribution in [-0.2, 0) is 6.54 Å². The summed E-state index contributed by atoms with van der Waals surface area (Å²) in [5.74, 6) is 1.12. The van der Waals surface area contributed by atoms with E-state index in [1.807, 2.05) is 11.3 Å². The van der Waals surface area contributed by atoms with Gasteiger partial charge in [-0.15, -0.1) is 22.7 Å². The SMILES string of the molecule is Cc1sc2ncnc(N3CCN(Cc4cccs4)CC3)c2c1C. The minimum atomic E-state index is 1.03. The van der Waals surface area contributed by atoms with E-state index in [0.717, 1.165) is 43.4 Å². The molecule has 3 aromatic heterocycles. The van der Waals surface area contributed by atoms with Crippen LogP contribution in [0.4, 0.5) is 5.82 Å². The molecule has 1 saturated heterocycles. The average Bonchev–Trinajstić information content (AvgIpc) is 3.17. The van der Waals surface area contributed by atoms with Gasteiger partial charge in [-0.2, -0.15) is 0 Å². The molecule has 1 fully saturated rings. The molecule has 3 aromatic rings. The van der Waals surface area contributed by atoms with E-state index in [-0.39, 0.29) is 0 Å². The Morgan fingerprint density at radius 1 is 1.13 bits per heavy atom. The van der Waals surface area contributed by atoms with Crippen LogP contribution in [0.15, 0.2) is 23.8 Å². The van der Waals surface area contributed by atoms with E-state index in [1.165, 1.54) is 20.7 Å². The number of rotatable bonds is 3. The molecule has 6 heteroatoms. The van der Waals surface area contributed by atoms with E-state index < -0.39 is 0 Å². The van der Waals surface area contributed by atoms with Gasteiger partial charge in [-0.3, -0.25) is 4.90 Å². The van der Waals surface area contributed by atoms with Crippen molar-refractivity contribution in [3.8, 4) is 0 Å². The van der Waals surface area contributed by atoms with Crippen molar-refractivity contribution in [1.82, 2.24) is 14.9 Å². The molecule has 120 valence electrons. The van der Waals surface area contributed by atoms with E-state index in [0.29, 0.717) is 0 Å². The first kappa shape index (κ1) is 15.1. The number of fused-ring (bicyclic) bond motifs is 1. The highest BCUT2D eigenvalue weighted by molar-refractivity contribution is 7.18. The molecule has 0 bridgehead atoms. The van der Waals surface area contributed by atoms with Crippen LogP contribution in [0.3, 0.4) is 0 Å². The molecule has 4 heterocycles. The van der Waals surface area contributed by atoms with E-state index in [1.54, 1.807) is 17.7 Å². The lowest BCUT2D eigenvalue weighted by Crippen LogP contribution is -2.46. The molecule has 0 spiro atoms. The van der Waals surface area contributed by atoms with Crippen LogP contribution in [0.5, 0.6) is 0 Å². The molecule has 1 aliphatic rings. The van der Waals surface area contributed by atoms with Crippen molar-refractivity contribution in [2.75, 3.05) is 31.1 Å². The topological polar surface area (TPSA) is 32.3 Å². The van der Waals surface area contributed by atoms with Gasteiger partial charge in [0.15, 0.2) is 0 Å². The Morgan fingerprint density at radius 2 is 1.96 bits per heavy atom. The van der Waals surface area contributed by atoms with Crippen molar-refractivity contribution in [3.63, 3.8) is 0 Å². The summed E-state index contributed by atoms with van der Waals surface area (Å²) >= 11 is 3.62. The zero-order valence-corrected chi connectivity index (χ0v) is 15.1. The zero-order valence-electron chi connectivity index (χ0n) is 13.5. The van der Waals surface area contributed by atoms with Crippen LogP contribution in [0.25, 0.3) is 10.2 Å². The molecular weight excluding hydrogens is 324 g/mol. The number of hydrogen-bond donors (Lipinski definition) is 0. The lowest BCUT2D eigenvalue weighted by Gasteiger charge is -2.35. The summed E-state index contributed by atoms with van der Waals surface area (Å²) in [7, 11) is 0. The maximum atomic E-state index is 4.61. The Bertz CT molecular complexity index is 801. The van der Waals surface area contributed by atoms with Gasteiger partial charge in [-0.1, -0.05) is 6.07 Å². The minimum absolute atomic E-state index is 1.03. The fraction of sp³-hybridized carbons (Fsp3) is 0.412. The molecule has 0 radical (unpaired) electrons. The quantitative estimate of drug-likeness (QED) is 0.725. The number of anilines is 1. The van der Waals surface area contributed by atoms with Crippen LogP contribution in [0.2, 0.25) is 0 Å². The molecule has 0 saturated carbocycles. The first-order valence-electron chi connectivity index (χ1n) is 7.93. The Hall–Kier alpha value is -1.50. The second kappa shape index (κ2) is 6.19. The van der Waals surface area contributed by atoms with Crippen LogP contribution in [-0.4, -0.2) is 41.0 Å². The minimum Gasteiger partial charge on any atom is -0.353 e. The maximum absolute atomic E-state index is 4.61. The van der Waals surface area contributed by atoms with Gasteiger partial charge >= 0.3 is 0 Å². The predicted octanol–water partition coefficient (Wildman–Crippen LogP) is 3.69. The van der Waals surface area contributed by atoms with Crippen molar-refractivity contribution < 1.29 is 0 Å². The fourth-order valence-electron chi connectivity index (χ4n) is 3.14. The van der Waals surface area contributed by atoms with Gasteiger partial charge in [-0.05, 0) is 30.9 Å². The standard InChI is InChI=1S/C17H20N4S2/c1-12-13(2)23-17-15(12)16(18-11-19-17)21-7-5-20(6-8-21)10-14-4-3-9-22-14/h3-4,9,11H,5-8,10H2,1-2H3. The monoisotopic (exact) mass is 344 g/mol. The van der Waals surface area contributed by atoms with Gasteiger partial charge in [0.1, 0.15) is 17.0 Å². The van der Waals surface area contributed by atoms with Gasteiger partial charge in [0.05, 0.1) is 5.39 Å². The van der Waals surface area contributed by atoms with E-state index >= 15 is 0 Å². The van der Waals surface area contributed by atoms with E-state index in [4.69, 9.17) is 0 Å². The van der Waals surface area contributed by atoms with Crippen LogP contribution in [0, 0.1) is 13.8 Å². The Labute approximate surface area is 144 Å². The molecule has 1 aliphatic heterocycles. The first-order valence-corrected chi connectivity index (χ1v) is 9.62. The summed E-state index contributed by atoms with van der Waals surface area (Å²) in [5, 5.41) is 3.41. The average molecular weight is 345 g/mol. The molecule has 0 N–H and O–H groups in total. The summed E-state index contributed by atoms with van der Waals surface area (Å²) in [6.45, 7) is 9.68. The van der Waals surface area contributed by atoms with Gasteiger partial charge in [-0.25, -0.2) is 9.97 Å². The molecule has 0 aromatic carbocycles. The third-order valence-corrected chi connectivity index (χ3v) is 6.55. The van der Waals surface area contributed by atoms with Gasteiger partial charge in [0, 0.05) is 42.5 Å². The lowest BCUT2D eigenvalue weighted by atomic mass is 10.2. The van der Waals surface area contributed by atoms with Gasteiger partial charge in [0.25, 0.3) is 0 Å². The Kier molecular flexibility index (Phi) is 4.05. The molecular formula is C17H20N4S2. The largest absolute Gasteiger partial charge is 0.353 e. The molecule has 4 rings (SSSR count). The molecule has 23 heavy (non-hydrogen) atoms. The third kappa shape index (κ3) is 2.86. The summed E-state index contributed by atoms with van der Waals surface area (Å²) < 4.78 is 0. The summed E-state index contributed by atoms with van der Waals surface area (Å²) in [6.07, 6.45) is 1.71. The summed E-state index contributed by atoms with van der Waals surface area (Å²) in [5.41, 5.74) is 1.33. The van der Waals surface area contributed by atoms with Crippen LogP contribution in [0.1, 0.15) is 15.3 Å². The highest BCUT2D eigenvalue weighted by atomic mass is 32.1. The smallest absolute Gasteiger partial charge is 0.141 e. The highest BCUT2D eigenvalue weighted by Gasteiger charge is 2.22. The van der Waals surface area contributed by atoms with Crippen molar-refractivity contribution in [2.45, 2.75) is 20.4 Å². The predicted molar refractivity (Wildman–Crippen MR) is 98.7 cm³/mol. The summed E-state index contributed by atoms with van der Waals surface area (Å²) in [6, 6.07) is 4.36. The summed E-state index contributed by atoms with van der Waals surface area (Å²) in [4.78, 5) is 17.9. The van der Waals surface area contributed by atoms with Crippen molar-refractivity contribution >= 4 is 38.7 Å². The van der Waals surface area contributed by atoms with Crippen LogP contribution < -0.4 is 4.90 Å². The number of thiophene rings is 2. The number of aromatic nitrogens is 2. The Morgan fingerprint density at radius 3 is 2.70 bits per heavy atom. The molecule has 0 unspecified atom stereocenters. The molecule has 4 nitrogen and oxygen atoms in total. The van der Waals surface area contributed by atoms with Crippen LogP contribution >= 0.6 is 22.7 Å². The molecule has 0 aliphatic carbocycles. The van der Waals surface area contributed by atoms with E-state index in [2.05, 4.69) is 51.1 Å². The first-order chi connectivity index (χ1) is 11.2. The molecule has 0 amide bonds. The highest BCUT2D eigenvalue weighted by Crippen LogP contribution is 2.34. The van der Waals surface area contributed by atoms with Gasteiger partial charge < -0.3 is 4.90 Å². The van der Waals surface area contributed by atoms with Crippen molar-refractivity contribution in [2.24, 2.45) is 0 Å². The number of aryl methyl sites for hydroxylation is 2. The second-order valence-corrected chi connectivity index (χ2v) is 8.24. The number of nitrogens with zero attached hydrogens (tertiary/aromatic N) is 4. The van der Waals surface area contributed by atoms with E-state index in [9.17, 15) is 0 Å². The lowest BCUT2D eigenvalue weighted by molar-refractivity contribution is 0.251. The molecule has 0 atom stereocenters. The van der Waals surface area contributed by atoms with Crippen molar-refractivity contribution in [1.29, 1.82) is 0 Å². The third-order valence-electron chi connectivity index (χ3n) is 4.58. The second-order valence-electron chi connectivity index (χ2n) is 6.00. The maximum Gasteiger partial charge on any atom is 0.141 e. The number of piperazine rings is 1. The fourth-order valence-corrected chi connectivity index (χ4v) is 4.88. The van der Waals surface area contributed by atoms with Crippen molar-refractivity contribution in [3.05, 3.63) is 39.2 Å². The van der Waals surface area contributed by atoms with Gasteiger partial charge in [0.2, 0.25) is 0 Å². The zero-order chi connectivity index (χ0) is 15.8. The normalized spacial score (nSPS) is 16.3. The number of hydrogen-bond acceptors (Lipinski definition) is 6. The Balaban J connectivity index is 1.52.